The zero-order valence-corrected chi connectivity index (χ0v) is 16.5. The molecule has 0 fully saturated rings. The molecule has 0 aromatic rings. The minimum Gasteiger partial charge on any atom is -0.379 e. The monoisotopic (exact) mass is 376 g/mol. The van der Waals surface area contributed by atoms with Crippen molar-refractivity contribution in [2.24, 2.45) is 0 Å². The molecular formula is C18H36N2O6. The Morgan fingerprint density at radius 3 is 1.85 bits per heavy atom. The van der Waals surface area contributed by atoms with Crippen molar-refractivity contribution >= 4 is 11.7 Å². The largest absolute Gasteiger partial charge is 0.379 e. The summed E-state index contributed by atoms with van der Waals surface area (Å²) < 4.78 is 21.2. The summed E-state index contributed by atoms with van der Waals surface area (Å²) in [6.07, 6.45) is 1.71. The molecule has 0 heterocycles. The summed E-state index contributed by atoms with van der Waals surface area (Å²) in [6.45, 7) is 10.5. The summed E-state index contributed by atoms with van der Waals surface area (Å²) in [5.74, 6) is -0.325. The van der Waals surface area contributed by atoms with Crippen molar-refractivity contribution in [3.05, 3.63) is 0 Å². The number of nitrogens with one attached hydrogen (secondary N) is 2. The quantitative estimate of drug-likeness (QED) is 0.318. The maximum Gasteiger partial charge on any atom is 0.246 e. The van der Waals surface area contributed by atoms with Gasteiger partial charge in [-0.1, -0.05) is 13.8 Å². The van der Waals surface area contributed by atoms with Crippen LogP contribution in [0.2, 0.25) is 0 Å². The maximum atomic E-state index is 11.3. The van der Waals surface area contributed by atoms with Crippen molar-refractivity contribution in [1.29, 1.82) is 0 Å². The van der Waals surface area contributed by atoms with Crippen molar-refractivity contribution in [2.45, 2.75) is 39.7 Å². The number of carbonyl (C=O) groups is 2. The fourth-order valence-electron chi connectivity index (χ4n) is 1.85. The second-order valence-corrected chi connectivity index (χ2v) is 6.20. The van der Waals surface area contributed by atoms with Gasteiger partial charge in [0.05, 0.1) is 26.4 Å². The van der Waals surface area contributed by atoms with E-state index in [1.54, 1.807) is 0 Å². The van der Waals surface area contributed by atoms with Gasteiger partial charge in [0.25, 0.3) is 0 Å². The first-order valence-corrected chi connectivity index (χ1v) is 9.33. The molecule has 0 aliphatic heterocycles. The summed E-state index contributed by atoms with van der Waals surface area (Å²) in [5, 5.41) is 6.03. The number of Topliss-reactive ketones (excluding diaryl/α,β-unsaturated/α-hetero) is 1. The summed E-state index contributed by atoms with van der Waals surface area (Å²) in [4.78, 5) is 22.0. The third kappa shape index (κ3) is 21.0. The predicted molar refractivity (Wildman–Crippen MR) is 99.3 cm³/mol. The minimum absolute atomic E-state index is 0.0308. The fraction of sp³-hybridized carbons (Fsp3) is 0.889. The van der Waals surface area contributed by atoms with Crippen molar-refractivity contribution in [3.63, 3.8) is 0 Å². The summed E-state index contributed by atoms with van der Waals surface area (Å²) in [5.41, 5.74) is 0. The summed E-state index contributed by atoms with van der Waals surface area (Å²) in [7, 11) is 0. The van der Waals surface area contributed by atoms with E-state index in [1.165, 1.54) is 6.92 Å². The van der Waals surface area contributed by atoms with Gasteiger partial charge in [-0.15, -0.1) is 0 Å². The molecule has 8 heteroatoms. The molecule has 0 unspecified atom stereocenters. The van der Waals surface area contributed by atoms with E-state index < -0.39 is 0 Å². The summed E-state index contributed by atoms with van der Waals surface area (Å²) >= 11 is 0. The second kappa shape index (κ2) is 18.7. The van der Waals surface area contributed by atoms with Crippen LogP contribution in [0, 0.1) is 0 Å². The van der Waals surface area contributed by atoms with Gasteiger partial charge in [0.1, 0.15) is 13.2 Å². The molecule has 0 bridgehead atoms. The minimum atomic E-state index is -0.227. The molecule has 0 aliphatic carbocycles. The number of rotatable bonds is 19. The van der Waals surface area contributed by atoms with Crippen LogP contribution < -0.4 is 10.6 Å². The molecule has 0 atom stereocenters. The van der Waals surface area contributed by atoms with Gasteiger partial charge in [-0.05, 0) is 26.3 Å². The van der Waals surface area contributed by atoms with Crippen LogP contribution in [0.4, 0.5) is 0 Å². The zero-order valence-electron chi connectivity index (χ0n) is 16.5. The Morgan fingerprint density at radius 1 is 0.769 bits per heavy atom. The average molecular weight is 376 g/mol. The lowest BCUT2D eigenvalue weighted by Gasteiger charge is -2.09. The third-order valence-corrected chi connectivity index (χ3v) is 3.09. The Bertz CT molecular complexity index is 353. The third-order valence-electron chi connectivity index (χ3n) is 3.09. The molecule has 0 aliphatic rings. The predicted octanol–water partition coefficient (Wildman–Crippen LogP) is 0.536. The van der Waals surface area contributed by atoms with Gasteiger partial charge in [0, 0.05) is 25.8 Å². The van der Waals surface area contributed by atoms with E-state index in [0.29, 0.717) is 52.0 Å². The second-order valence-electron chi connectivity index (χ2n) is 6.20. The van der Waals surface area contributed by atoms with Crippen LogP contribution in [0.25, 0.3) is 0 Å². The molecule has 0 aromatic heterocycles. The van der Waals surface area contributed by atoms with E-state index >= 15 is 0 Å². The van der Waals surface area contributed by atoms with Crippen LogP contribution in [0.5, 0.6) is 0 Å². The number of ketones is 1. The number of hydrogen-bond donors (Lipinski definition) is 2. The van der Waals surface area contributed by atoms with Crippen LogP contribution in [0.15, 0.2) is 0 Å². The molecule has 1 amide bonds. The van der Waals surface area contributed by atoms with E-state index in [9.17, 15) is 9.59 Å². The molecule has 0 aromatic carbocycles. The topological polar surface area (TPSA) is 95.1 Å². The van der Waals surface area contributed by atoms with Crippen molar-refractivity contribution in [1.82, 2.24) is 10.6 Å². The van der Waals surface area contributed by atoms with Crippen LogP contribution in [-0.2, 0) is 28.5 Å². The van der Waals surface area contributed by atoms with Gasteiger partial charge in [0.2, 0.25) is 5.91 Å². The van der Waals surface area contributed by atoms with Gasteiger partial charge in [0.15, 0.2) is 5.78 Å². The van der Waals surface area contributed by atoms with Crippen molar-refractivity contribution in [3.8, 4) is 0 Å². The molecule has 0 rings (SSSR count). The Kier molecular flexibility index (Phi) is 18.0. The first-order valence-electron chi connectivity index (χ1n) is 9.33. The van der Waals surface area contributed by atoms with Gasteiger partial charge < -0.3 is 29.6 Å². The van der Waals surface area contributed by atoms with Crippen LogP contribution in [-0.4, -0.2) is 83.7 Å². The number of carbonyl (C=O) groups excluding carboxylic acids is 2. The Morgan fingerprint density at radius 2 is 1.31 bits per heavy atom. The highest BCUT2D eigenvalue weighted by Crippen LogP contribution is 1.87. The number of ether oxygens (including phenoxy) is 4. The maximum absolute atomic E-state index is 11.3. The van der Waals surface area contributed by atoms with E-state index in [4.69, 9.17) is 18.9 Å². The standard InChI is InChI=1S/C18H36N2O6/c1-16(2)19-6-4-8-23-10-12-25-13-11-24-9-5-7-20-18(22)15-26-14-17(3)21/h16,19H,4-15H2,1-3H3,(H,20,22). The first kappa shape index (κ1) is 24.9. The van der Waals surface area contributed by atoms with E-state index in [-0.39, 0.29) is 24.9 Å². The highest BCUT2D eigenvalue weighted by Gasteiger charge is 2.01. The first-order chi connectivity index (χ1) is 12.5. The lowest BCUT2D eigenvalue weighted by atomic mass is 10.3. The molecule has 0 spiro atoms. The Balaban J connectivity index is 3.13. The fourth-order valence-corrected chi connectivity index (χ4v) is 1.85. The van der Waals surface area contributed by atoms with Gasteiger partial charge in [-0.3, -0.25) is 9.59 Å². The molecule has 8 nitrogen and oxygen atoms in total. The molecule has 26 heavy (non-hydrogen) atoms. The van der Waals surface area contributed by atoms with Gasteiger partial charge in [-0.2, -0.15) is 0 Å². The average Bonchev–Trinajstić information content (AvgIpc) is 2.57. The Hall–Kier alpha value is -1.06. The SMILES string of the molecule is CC(=O)COCC(=O)NCCCOCCOCCOCCCNC(C)C. The normalized spacial score (nSPS) is 11.1. The molecule has 0 radical (unpaired) electrons. The van der Waals surface area contributed by atoms with Crippen LogP contribution in [0.1, 0.15) is 33.6 Å². The summed E-state index contributed by atoms with van der Waals surface area (Å²) in [6, 6.07) is 0.515. The van der Waals surface area contributed by atoms with Crippen molar-refractivity contribution < 1.29 is 28.5 Å². The molecule has 154 valence electrons. The smallest absolute Gasteiger partial charge is 0.246 e. The van der Waals surface area contributed by atoms with Crippen molar-refractivity contribution in [2.75, 3.05) is 65.9 Å². The van der Waals surface area contributed by atoms with E-state index in [1.807, 2.05) is 0 Å². The zero-order chi connectivity index (χ0) is 19.5. The van der Waals surface area contributed by atoms with E-state index in [0.717, 1.165) is 19.6 Å². The number of amides is 1. The van der Waals surface area contributed by atoms with Gasteiger partial charge >= 0.3 is 0 Å². The molecule has 2 N–H and O–H groups in total. The van der Waals surface area contributed by atoms with Gasteiger partial charge in [-0.25, -0.2) is 0 Å². The number of hydrogen-bond acceptors (Lipinski definition) is 7. The van der Waals surface area contributed by atoms with E-state index in [2.05, 4.69) is 24.5 Å². The van der Waals surface area contributed by atoms with Crippen LogP contribution in [0.3, 0.4) is 0 Å². The Labute approximate surface area is 157 Å². The van der Waals surface area contributed by atoms with Crippen LogP contribution >= 0.6 is 0 Å². The molecular weight excluding hydrogens is 340 g/mol. The lowest BCUT2D eigenvalue weighted by molar-refractivity contribution is -0.129. The highest BCUT2D eigenvalue weighted by atomic mass is 16.5. The lowest BCUT2D eigenvalue weighted by Crippen LogP contribution is -2.29. The highest BCUT2D eigenvalue weighted by molar-refractivity contribution is 5.79. The molecule has 0 saturated carbocycles. The molecule has 0 saturated heterocycles.